The first-order chi connectivity index (χ1) is 16.0. The summed E-state index contributed by atoms with van der Waals surface area (Å²) in [4.78, 5) is 41.0. The molecule has 9 heteroatoms. The largest absolute Gasteiger partial charge is 0.452 e. The average Bonchev–Trinajstić information content (AvgIpc) is 3.38. The summed E-state index contributed by atoms with van der Waals surface area (Å²) in [5.41, 5.74) is 1.48. The van der Waals surface area contributed by atoms with E-state index >= 15 is 0 Å². The molecule has 2 heterocycles. The third kappa shape index (κ3) is 5.38. The third-order valence-electron chi connectivity index (χ3n) is 5.33. The van der Waals surface area contributed by atoms with Crippen molar-refractivity contribution in [1.82, 2.24) is 4.90 Å². The zero-order valence-electron chi connectivity index (χ0n) is 17.7. The minimum absolute atomic E-state index is 0.165. The van der Waals surface area contributed by atoms with Crippen molar-refractivity contribution in [2.24, 2.45) is 0 Å². The van der Waals surface area contributed by atoms with Gasteiger partial charge in [-0.2, -0.15) is 11.3 Å². The molecule has 0 unspecified atom stereocenters. The highest BCUT2D eigenvalue weighted by atomic mass is 32.1. The molecule has 0 aliphatic carbocycles. The van der Waals surface area contributed by atoms with Crippen LogP contribution in [0.3, 0.4) is 0 Å². The van der Waals surface area contributed by atoms with Gasteiger partial charge in [-0.3, -0.25) is 9.59 Å². The molecule has 4 rings (SSSR count). The fourth-order valence-electron chi connectivity index (χ4n) is 3.56. The lowest BCUT2D eigenvalue weighted by atomic mass is 10.1. The van der Waals surface area contributed by atoms with Gasteiger partial charge >= 0.3 is 5.97 Å². The van der Waals surface area contributed by atoms with E-state index in [2.05, 4.69) is 5.32 Å². The third-order valence-corrected chi connectivity index (χ3v) is 6.01. The Balaban J connectivity index is 1.31. The van der Waals surface area contributed by atoms with Crippen LogP contribution in [0.15, 0.2) is 65.4 Å². The van der Waals surface area contributed by atoms with Crippen LogP contribution in [-0.2, 0) is 9.53 Å². The monoisotopic (exact) mass is 467 g/mol. The SMILES string of the molecule is O=C(Nc1ccccc1C(=O)OCC(=O)N1CCN(c2ccccc2F)CC1)c1ccsc1. The van der Waals surface area contributed by atoms with E-state index in [-0.39, 0.29) is 23.2 Å². The molecular weight excluding hydrogens is 445 g/mol. The van der Waals surface area contributed by atoms with Crippen molar-refractivity contribution in [1.29, 1.82) is 0 Å². The molecule has 0 atom stereocenters. The summed E-state index contributed by atoms with van der Waals surface area (Å²) >= 11 is 1.40. The molecule has 1 saturated heterocycles. The molecule has 170 valence electrons. The van der Waals surface area contributed by atoms with Gasteiger partial charge in [0.05, 0.1) is 22.5 Å². The maximum Gasteiger partial charge on any atom is 0.340 e. The number of carbonyl (C=O) groups excluding carboxylic acids is 3. The molecule has 3 aromatic rings. The fraction of sp³-hybridized carbons (Fsp3) is 0.208. The first-order valence-electron chi connectivity index (χ1n) is 10.4. The van der Waals surface area contributed by atoms with Gasteiger partial charge in [0.15, 0.2) is 6.61 Å². The molecule has 1 N–H and O–H groups in total. The van der Waals surface area contributed by atoms with Crippen molar-refractivity contribution in [2.45, 2.75) is 0 Å². The Labute approximate surface area is 194 Å². The normalized spacial score (nSPS) is 13.5. The van der Waals surface area contributed by atoms with Gasteiger partial charge in [-0.25, -0.2) is 9.18 Å². The van der Waals surface area contributed by atoms with Gasteiger partial charge in [-0.15, -0.1) is 0 Å². The summed E-state index contributed by atoms with van der Waals surface area (Å²) in [6, 6.07) is 14.7. The van der Waals surface area contributed by atoms with Crippen LogP contribution < -0.4 is 10.2 Å². The van der Waals surface area contributed by atoms with Crippen LogP contribution in [0.5, 0.6) is 0 Å². The van der Waals surface area contributed by atoms with Crippen LogP contribution in [-0.4, -0.2) is 55.5 Å². The van der Waals surface area contributed by atoms with Crippen molar-refractivity contribution in [2.75, 3.05) is 43.0 Å². The van der Waals surface area contributed by atoms with E-state index in [1.807, 2.05) is 4.90 Å². The standard InChI is InChI=1S/C24H22FN3O4S/c25-19-6-2-4-8-21(19)27-10-12-28(13-11-27)22(29)15-32-24(31)18-5-1-3-7-20(18)26-23(30)17-9-14-33-16-17/h1-9,14,16H,10-13,15H2,(H,26,30). The van der Waals surface area contributed by atoms with E-state index in [9.17, 15) is 18.8 Å². The highest BCUT2D eigenvalue weighted by molar-refractivity contribution is 7.08. The maximum atomic E-state index is 14.0. The Morgan fingerprint density at radius 1 is 0.970 bits per heavy atom. The van der Waals surface area contributed by atoms with Crippen molar-refractivity contribution >= 4 is 40.5 Å². The van der Waals surface area contributed by atoms with E-state index in [1.54, 1.807) is 58.1 Å². The Kier molecular flexibility index (Phi) is 6.99. The number of amides is 2. The number of hydrogen-bond donors (Lipinski definition) is 1. The number of thiophene rings is 1. The molecule has 0 radical (unpaired) electrons. The quantitative estimate of drug-likeness (QED) is 0.560. The first-order valence-corrected chi connectivity index (χ1v) is 11.3. The van der Waals surface area contributed by atoms with Crippen LogP contribution in [0.4, 0.5) is 15.8 Å². The van der Waals surface area contributed by atoms with E-state index in [0.29, 0.717) is 43.1 Å². The summed E-state index contributed by atoms with van der Waals surface area (Å²) in [6.45, 7) is 1.36. The van der Waals surface area contributed by atoms with Crippen LogP contribution in [0.1, 0.15) is 20.7 Å². The lowest BCUT2D eigenvalue weighted by molar-refractivity contribution is -0.134. The fourth-order valence-corrected chi connectivity index (χ4v) is 4.20. The molecule has 0 bridgehead atoms. The van der Waals surface area contributed by atoms with E-state index in [0.717, 1.165) is 0 Å². The van der Waals surface area contributed by atoms with Gasteiger partial charge in [0, 0.05) is 31.6 Å². The van der Waals surface area contributed by atoms with Gasteiger partial charge in [0.1, 0.15) is 5.82 Å². The highest BCUT2D eigenvalue weighted by Crippen LogP contribution is 2.21. The predicted molar refractivity (Wildman–Crippen MR) is 124 cm³/mol. The Hall–Kier alpha value is -3.72. The molecule has 33 heavy (non-hydrogen) atoms. The molecule has 2 amide bonds. The summed E-state index contributed by atoms with van der Waals surface area (Å²) < 4.78 is 19.2. The number of piperazine rings is 1. The Morgan fingerprint density at radius 2 is 1.70 bits per heavy atom. The molecule has 1 aromatic heterocycles. The molecular formula is C24H22FN3O4S. The molecule has 2 aromatic carbocycles. The van der Waals surface area contributed by atoms with Gasteiger partial charge in [0.2, 0.25) is 0 Å². The lowest BCUT2D eigenvalue weighted by Gasteiger charge is -2.36. The van der Waals surface area contributed by atoms with Crippen LogP contribution in [0, 0.1) is 5.82 Å². The lowest BCUT2D eigenvalue weighted by Crippen LogP contribution is -2.50. The molecule has 1 aliphatic rings. The van der Waals surface area contributed by atoms with Gasteiger partial charge in [0.25, 0.3) is 11.8 Å². The van der Waals surface area contributed by atoms with Crippen LogP contribution >= 0.6 is 11.3 Å². The van der Waals surface area contributed by atoms with E-state index in [4.69, 9.17) is 4.74 Å². The number of para-hydroxylation sites is 2. The van der Waals surface area contributed by atoms with E-state index < -0.39 is 12.6 Å². The maximum absolute atomic E-state index is 14.0. The summed E-state index contributed by atoms with van der Waals surface area (Å²) in [6.07, 6.45) is 0. The van der Waals surface area contributed by atoms with Crippen molar-refractivity contribution in [3.05, 3.63) is 82.3 Å². The number of hydrogen-bond acceptors (Lipinski definition) is 6. The highest BCUT2D eigenvalue weighted by Gasteiger charge is 2.24. The zero-order chi connectivity index (χ0) is 23.2. The molecule has 1 fully saturated rings. The van der Waals surface area contributed by atoms with Crippen LogP contribution in [0.25, 0.3) is 0 Å². The van der Waals surface area contributed by atoms with Gasteiger partial charge in [-0.1, -0.05) is 24.3 Å². The second kappa shape index (κ2) is 10.3. The molecule has 7 nitrogen and oxygen atoms in total. The summed E-state index contributed by atoms with van der Waals surface area (Å²) in [5, 5.41) is 6.20. The minimum atomic E-state index is -0.699. The van der Waals surface area contributed by atoms with E-state index in [1.165, 1.54) is 23.5 Å². The number of anilines is 2. The van der Waals surface area contributed by atoms with Crippen molar-refractivity contribution in [3.63, 3.8) is 0 Å². The predicted octanol–water partition coefficient (Wildman–Crippen LogP) is 3.65. The van der Waals surface area contributed by atoms with Gasteiger partial charge < -0.3 is 19.9 Å². The topological polar surface area (TPSA) is 78.9 Å². The molecule has 1 aliphatic heterocycles. The second-order valence-electron chi connectivity index (χ2n) is 7.41. The Bertz CT molecular complexity index is 1140. The number of esters is 1. The average molecular weight is 468 g/mol. The van der Waals surface area contributed by atoms with Crippen LogP contribution in [0.2, 0.25) is 0 Å². The first kappa shape index (κ1) is 22.5. The molecule has 0 saturated carbocycles. The summed E-state index contributed by atoms with van der Waals surface area (Å²) in [7, 11) is 0. The number of carbonyl (C=O) groups is 3. The number of benzene rings is 2. The van der Waals surface area contributed by atoms with Gasteiger partial charge in [-0.05, 0) is 35.7 Å². The Morgan fingerprint density at radius 3 is 2.42 bits per heavy atom. The second-order valence-corrected chi connectivity index (χ2v) is 8.19. The minimum Gasteiger partial charge on any atom is -0.452 e. The zero-order valence-corrected chi connectivity index (χ0v) is 18.5. The summed E-state index contributed by atoms with van der Waals surface area (Å²) in [5.74, 6) is -1.65. The van der Waals surface area contributed by atoms with Crippen molar-refractivity contribution < 1.29 is 23.5 Å². The van der Waals surface area contributed by atoms with Crippen molar-refractivity contribution in [3.8, 4) is 0 Å². The number of ether oxygens (including phenoxy) is 1. The number of halogens is 1. The number of nitrogens with zero attached hydrogens (tertiary/aromatic N) is 2. The smallest absolute Gasteiger partial charge is 0.340 e. The number of rotatable bonds is 6. The number of nitrogens with one attached hydrogen (secondary N) is 1. The molecule has 0 spiro atoms.